The van der Waals surface area contributed by atoms with Gasteiger partial charge < -0.3 is 10.6 Å². The lowest BCUT2D eigenvalue weighted by Crippen LogP contribution is -2.15. The zero-order valence-electron chi connectivity index (χ0n) is 11.6. The van der Waals surface area contributed by atoms with Crippen LogP contribution in [-0.2, 0) is 13.0 Å². The topological polar surface area (TPSA) is 47.9 Å². The minimum absolute atomic E-state index is 0.327. The Balaban J connectivity index is 1.81. The highest BCUT2D eigenvalue weighted by atomic mass is 19.1. The Morgan fingerprint density at radius 1 is 1.29 bits per heavy atom. The SMILES string of the molecule is N#Cc1cc(F)ccc1NCc1cccc2c1NCCC2. The molecule has 0 saturated carbocycles. The predicted octanol–water partition coefficient (Wildman–Crippen LogP) is 3.67. The van der Waals surface area contributed by atoms with Gasteiger partial charge in [0.05, 0.1) is 11.3 Å². The second-order valence-electron chi connectivity index (χ2n) is 5.14. The van der Waals surface area contributed by atoms with Crippen LogP contribution in [0.4, 0.5) is 15.8 Å². The third kappa shape index (κ3) is 2.82. The highest BCUT2D eigenvalue weighted by Gasteiger charge is 2.12. The van der Waals surface area contributed by atoms with Crippen LogP contribution in [-0.4, -0.2) is 6.54 Å². The molecule has 1 heterocycles. The average molecular weight is 281 g/mol. The Bertz CT molecular complexity index is 704. The number of anilines is 2. The zero-order chi connectivity index (χ0) is 14.7. The summed E-state index contributed by atoms with van der Waals surface area (Å²) in [4.78, 5) is 0. The molecule has 0 aromatic heterocycles. The Labute approximate surface area is 123 Å². The summed E-state index contributed by atoms with van der Waals surface area (Å²) in [6, 6.07) is 12.5. The number of nitrogens with one attached hydrogen (secondary N) is 2. The molecular weight excluding hydrogens is 265 g/mol. The lowest BCUT2D eigenvalue weighted by Gasteiger charge is -2.21. The monoisotopic (exact) mass is 281 g/mol. The molecule has 1 aliphatic rings. The number of aryl methyl sites for hydroxylation is 1. The van der Waals surface area contributed by atoms with E-state index in [9.17, 15) is 4.39 Å². The second-order valence-corrected chi connectivity index (χ2v) is 5.14. The Morgan fingerprint density at radius 2 is 2.19 bits per heavy atom. The molecule has 3 rings (SSSR count). The lowest BCUT2D eigenvalue weighted by molar-refractivity contribution is 0.627. The Morgan fingerprint density at radius 3 is 3.05 bits per heavy atom. The molecule has 2 aromatic carbocycles. The molecule has 0 unspecified atom stereocenters. The fourth-order valence-corrected chi connectivity index (χ4v) is 2.68. The molecule has 0 amide bonds. The van der Waals surface area contributed by atoms with Gasteiger partial charge in [-0.2, -0.15) is 5.26 Å². The molecule has 0 radical (unpaired) electrons. The van der Waals surface area contributed by atoms with Crippen molar-refractivity contribution >= 4 is 11.4 Å². The first-order valence-electron chi connectivity index (χ1n) is 7.06. The van der Waals surface area contributed by atoms with Crippen molar-refractivity contribution in [3.8, 4) is 6.07 Å². The van der Waals surface area contributed by atoms with Crippen LogP contribution in [0.1, 0.15) is 23.1 Å². The van der Waals surface area contributed by atoms with Crippen molar-refractivity contribution in [2.75, 3.05) is 17.2 Å². The van der Waals surface area contributed by atoms with Crippen LogP contribution >= 0.6 is 0 Å². The molecule has 2 N–H and O–H groups in total. The van der Waals surface area contributed by atoms with Gasteiger partial charge in [-0.1, -0.05) is 18.2 Å². The maximum atomic E-state index is 13.1. The Kier molecular flexibility index (Phi) is 3.74. The van der Waals surface area contributed by atoms with Gasteiger partial charge >= 0.3 is 0 Å². The normalized spacial score (nSPS) is 13.0. The highest BCUT2D eigenvalue weighted by Crippen LogP contribution is 2.27. The number of nitrogens with zero attached hydrogens (tertiary/aromatic N) is 1. The maximum absolute atomic E-state index is 13.1. The molecule has 1 aliphatic heterocycles. The van der Waals surface area contributed by atoms with Gasteiger partial charge in [0.15, 0.2) is 0 Å². The number of benzene rings is 2. The van der Waals surface area contributed by atoms with Crippen LogP contribution in [0.3, 0.4) is 0 Å². The van der Waals surface area contributed by atoms with Crippen molar-refractivity contribution in [2.24, 2.45) is 0 Å². The van der Waals surface area contributed by atoms with E-state index in [0.717, 1.165) is 19.4 Å². The van der Waals surface area contributed by atoms with E-state index in [2.05, 4.69) is 28.8 Å². The summed E-state index contributed by atoms with van der Waals surface area (Å²) in [5, 5.41) is 15.7. The number of hydrogen-bond donors (Lipinski definition) is 2. The molecule has 0 saturated heterocycles. The van der Waals surface area contributed by atoms with Crippen LogP contribution in [0.2, 0.25) is 0 Å². The molecule has 106 valence electrons. The van der Waals surface area contributed by atoms with Gasteiger partial charge in [-0.05, 0) is 42.2 Å². The average Bonchev–Trinajstić information content (AvgIpc) is 2.53. The quantitative estimate of drug-likeness (QED) is 0.902. The predicted molar refractivity (Wildman–Crippen MR) is 81.7 cm³/mol. The minimum atomic E-state index is -0.393. The first-order chi connectivity index (χ1) is 10.3. The van der Waals surface area contributed by atoms with Gasteiger partial charge in [0.1, 0.15) is 11.9 Å². The lowest BCUT2D eigenvalue weighted by atomic mass is 9.99. The first-order valence-corrected chi connectivity index (χ1v) is 7.06. The van der Waals surface area contributed by atoms with Gasteiger partial charge in [-0.25, -0.2) is 4.39 Å². The largest absolute Gasteiger partial charge is 0.385 e. The van der Waals surface area contributed by atoms with Gasteiger partial charge in [0.2, 0.25) is 0 Å². The standard InChI is InChI=1S/C17H16FN3/c18-15-6-7-16(14(9-15)10-19)21-11-13-4-1-3-12-5-2-8-20-17(12)13/h1,3-4,6-7,9,20-21H,2,5,8,11H2. The summed E-state index contributed by atoms with van der Waals surface area (Å²) in [5.74, 6) is -0.393. The van der Waals surface area contributed by atoms with Crippen LogP contribution < -0.4 is 10.6 Å². The number of rotatable bonds is 3. The smallest absolute Gasteiger partial charge is 0.124 e. The van der Waals surface area contributed by atoms with E-state index in [1.54, 1.807) is 6.07 Å². The molecule has 0 aliphatic carbocycles. The van der Waals surface area contributed by atoms with Crippen molar-refractivity contribution in [3.63, 3.8) is 0 Å². The van der Waals surface area contributed by atoms with Crippen molar-refractivity contribution in [2.45, 2.75) is 19.4 Å². The van der Waals surface area contributed by atoms with Crippen molar-refractivity contribution in [1.82, 2.24) is 0 Å². The molecule has 21 heavy (non-hydrogen) atoms. The molecule has 0 spiro atoms. The molecular formula is C17H16FN3. The van der Waals surface area contributed by atoms with Gasteiger partial charge in [0, 0.05) is 18.8 Å². The molecule has 2 aromatic rings. The molecule has 0 atom stereocenters. The molecule has 3 nitrogen and oxygen atoms in total. The maximum Gasteiger partial charge on any atom is 0.124 e. The van der Waals surface area contributed by atoms with Crippen molar-refractivity contribution < 1.29 is 4.39 Å². The van der Waals surface area contributed by atoms with Gasteiger partial charge in [0.25, 0.3) is 0 Å². The van der Waals surface area contributed by atoms with E-state index >= 15 is 0 Å². The Hall–Kier alpha value is -2.54. The van der Waals surface area contributed by atoms with Crippen LogP contribution in [0, 0.1) is 17.1 Å². The first kappa shape index (κ1) is 13.4. The van der Waals surface area contributed by atoms with E-state index < -0.39 is 5.82 Å². The number of halogens is 1. The van der Waals surface area contributed by atoms with Crippen LogP contribution in [0.15, 0.2) is 36.4 Å². The fourth-order valence-electron chi connectivity index (χ4n) is 2.68. The van der Waals surface area contributed by atoms with E-state index in [4.69, 9.17) is 5.26 Å². The van der Waals surface area contributed by atoms with Gasteiger partial charge in [-0.15, -0.1) is 0 Å². The fraction of sp³-hybridized carbons (Fsp3) is 0.235. The summed E-state index contributed by atoms with van der Waals surface area (Å²) in [6.45, 7) is 1.60. The van der Waals surface area contributed by atoms with E-state index in [0.29, 0.717) is 17.8 Å². The number of fused-ring (bicyclic) bond motifs is 1. The van der Waals surface area contributed by atoms with E-state index in [-0.39, 0.29) is 0 Å². The third-order valence-electron chi connectivity index (χ3n) is 3.73. The molecule has 4 heteroatoms. The molecule has 0 bridgehead atoms. The number of para-hydroxylation sites is 1. The summed E-state index contributed by atoms with van der Waals surface area (Å²) in [7, 11) is 0. The highest BCUT2D eigenvalue weighted by molar-refractivity contribution is 5.62. The molecule has 0 fully saturated rings. The van der Waals surface area contributed by atoms with Gasteiger partial charge in [-0.3, -0.25) is 0 Å². The second kappa shape index (κ2) is 5.84. The summed E-state index contributed by atoms with van der Waals surface area (Å²) in [5.41, 5.74) is 4.68. The van der Waals surface area contributed by atoms with E-state index in [1.165, 1.54) is 28.9 Å². The summed E-state index contributed by atoms with van der Waals surface area (Å²) < 4.78 is 13.1. The van der Waals surface area contributed by atoms with Crippen LogP contribution in [0.25, 0.3) is 0 Å². The number of nitriles is 1. The van der Waals surface area contributed by atoms with Crippen LogP contribution in [0.5, 0.6) is 0 Å². The van der Waals surface area contributed by atoms with E-state index in [1.807, 2.05) is 6.07 Å². The van der Waals surface area contributed by atoms with Crippen molar-refractivity contribution in [1.29, 1.82) is 5.26 Å². The third-order valence-corrected chi connectivity index (χ3v) is 3.73. The van der Waals surface area contributed by atoms with Crippen molar-refractivity contribution in [3.05, 3.63) is 58.9 Å². The number of hydrogen-bond acceptors (Lipinski definition) is 3. The summed E-state index contributed by atoms with van der Waals surface area (Å²) >= 11 is 0. The zero-order valence-corrected chi connectivity index (χ0v) is 11.6. The summed E-state index contributed by atoms with van der Waals surface area (Å²) in [6.07, 6.45) is 2.25. The minimum Gasteiger partial charge on any atom is -0.385 e.